The predicted octanol–water partition coefficient (Wildman–Crippen LogP) is -3.19. The summed E-state index contributed by atoms with van der Waals surface area (Å²) in [5, 5.41) is 74.6. The van der Waals surface area contributed by atoms with Crippen LogP contribution in [0.15, 0.2) is 85.1 Å². The summed E-state index contributed by atoms with van der Waals surface area (Å²) < 4.78 is 0. The van der Waals surface area contributed by atoms with Crippen LogP contribution in [0.1, 0.15) is 81.4 Å². The first-order valence-corrected chi connectivity index (χ1v) is 34.3. The number of carbonyl (C=O) groups is 14. The van der Waals surface area contributed by atoms with Gasteiger partial charge in [-0.2, -0.15) is 37.9 Å². The average Bonchev–Trinajstić information content (AvgIpc) is 1.80. The molecule has 0 saturated carbocycles. The molecule has 12 atom stereocenters. The van der Waals surface area contributed by atoms with Crippen LogP contribution in [0, 0.1) is 0 Å². The Kier molecular flexibility index (Phi) is 33.6. The number of phenolic OH excluding ortho intramolecular Hbond substituents is 1. The first-order valence-electron chi connectivity index (χ1n) is 32.4. The summed E-state index contributed by atoms with van der Waals surface area (Å²) >= 11 is 12.5. The molecule has 4 aromatic rings. The Morgan fingerprint density at radius 1 is 0.564 bits per heavy atom. The molecule has 3 aromatic carbocycles. The number of nitrogens with zero attached hydrogens (tertiary/aromatic N) is 1. The van der Waals surface area contributed by atoms with Gasteiger partial charge in [0.1, 0.15) is 66.2 Å². The first-order chi connectivity index (χ1) is 48.1. The molecule has 0 aliphatic carbocycles. The van der Waals surface area contributed by atoms with Crippen LogP contribution in [-0.4, -0.2) is 228 Å². The molecule has 11 amide bonds. The Hall–Kier alpha value is -9.49. The van der Waals surface area contributed by atoms with Gasteiger partial charge in [-0.05, 0) is 86.9 Å². The van der Waals surface area contributed by atoms with Crippen LogP contribution < -0.4 is 64.6 Å². The van der Waals surface area contributed by atoms with Crippen LogP contribution in [-0.2, 0) is 86.4 Å². The highest BCUT2D eigenvalue weighted by molar-refractivity contribution is 7.80. The zero-order valence-corrected chi connectivity index (χ0v) is 57.8. The molecule has 36 heteroatoms. The molecule has 1 fully saturated rings. The molecule has 20 N–H and O–H groups in total. The van der Waals surface area contributed by atoms with Gasteiger partial charge in [-0.25, -0.2) is 4.79 Å². The van der Waals surface area contributed by atoms with Crippen molar-refractivity contribution in [2.75, 3.05) is 36.9 Å². The minimum atomic E-state index is -1.91. The molecule has 33 nitrogen and oxygen atoms in total. The maximum atomic E-state index is 15.1. The molecule has 1 aliphatic heterocycles. The summed E-state index contributed by atoms with van der Waals surface area (Å²) in [5.41, 5.74) is 13.8. The van der Waals surface area contributed by atoms with Crippen molar-refractivity contribution in [2.24, 2.45) is 11.5 Å². The van der Waals surface area contributed by atoms with Crippen LogP contribution in [0.2, 0.25) is 0 Å². The van der Waals surface area contributed by atoms with Crippen molar-refractivity contribution in [1.29, 1.82) is 0 Å². The Morgan fingerprint density at radius 2 is 1.09 bits per heavy atom. The molecule has 0 unspecified atom stereocenters. The van der Waals surface area contributed by atoms with Crippen LogP contribution in [0.3, 0.4) is 0 Å². The van der Waals surface area contributed by atoms with Crippen molar-refractivity contribution in [3.63, 3.8) is 0 Å². The number of aromatic amines is 1. The van der Waals surface area contributed by atoms with Gasteiger partial charge in [0.15, 0.2) is 0 Å². The molecule has 2 heterocycles. The SMILES string of the molecule is C[C@@H](O)[C@H](NC(=O)[C@@H](N)CCC(=O)O)C(=O)N1CCC[C@H]1C(=O)N[C@@H](CC(=O)O)C(=O)N[C@@H](CS)C(=O)N[C@@H](Cc1ccccc1)C(=O)N[C@@H](Cc1c[nH]c2ccccc12)C(=O)N[C@@H](CCCCN)C(=O)N[C@@H](Cc1ccc(O)cc1)C(=O)N[C@@H](CS)C(=O)NCCC(=O)N[C@@H](CS)C(=O)O. The molecule has 0 bridgehead atoms. The van der Waals surface area contributed by atoms with E-state index in [-0.39, 0.29) is 94.7 Å². The highest BCUT2D eigenvalue weighted by atomic mass is 32.1. The number of hydrogen-bond donors (Lipinski definition) is 21. The number of carboxylic acid groups (broad SMARTS) is 3. The van der Waals surface area contributed by atoms with Gasteiger partial charge in [0.2, 0.25) is 65.0 Å². The number of para-hydroxylation sites is 1. The summed E-state index contributed by atoms with van der Waals surface area (Å²) in [6.45, 7) is 0.992. The largest absolute Gasteiger partial charge is 0.508 e. The van der Waals surface area contributed by atoms with E-state index < -0.39 is 174 Å². The number of aliphatic hydroxyl groups is 1. The normalized spacial score (nSPS) is 15.9. The summed E-state index contributed by atoms with van der Waals surface area (Å²) in [4.78, 5) is 193. The van der Waals surface area contributed by atoms with Gasteiger partial charge in [0.05, 0.1) is 18.6 Å². The number of carboxylic acids is 3. The minimum absolute atomic E-state index is 0.0160. The number of carbonyl (C=O) groups excluding carboxylic acids is 11. The van der Waals surface area contributed by atoms with Crippen molar-refractivity contribution >= 4 is 132 Å². The van der Waals surface area contributed by atoms with E-state index in [4.69, 9.17) is 16.6 Å². The zero-order chi connectivity index (χ0) is 74.5. The number of nitrogens with one attached hydrogen (secondary N) is 11. The Morgan fingerprint density at radius 3 is 1.65 bits per heavy atom. The number of H-pyrrole nitrogens is 1. The van der Waals surface area contributed by atoms with Crippen LogP contribution >= 0.6 is 37.9 Å². The number of fused-ring (bicyclic) bond motifs is 1. The fourth-order valence-electron chi connectivity index (χ4n) is 10.7. The third kappa shape index (κ3) is 26.2. The van der Waals surface area contributed by atoms with Crippen molar-refractivity contribution in [2.45, 2.75) is 157 Å². The fraction of sp³-hybridized carbons (Fsp3) is 0.477. The summed E-state index contributed by atoms with van der Waals surface area (Å²) in [5.74, 6) is -15.6. The highest BCUT2D eigenvalue weighted by Gasteiger charge is 2.42. The second kappa shape index (κ2) is 41.3. The maximum absolute atomic E-state index is 15.1. The van der Waals surface area contributed by atoms with Crippen molar-refractivity contribution in [3.8, 4) is 5.75 Å². The van der Waals surface area contributed by atoms with E-state index in [1.807, 2.05) is 0 Å². The monoisotopic (exact) mass is 1460 g/mol. The third-order valence-electron chi connectivity index (χ3n) is 16.2. The summed E-state index contributed by atoms with van der Waals surface area (Å²) in [6.07, 6.45) is -2.11. The van der Waals surface area contributed by atoms with Gasteiger partial charge in [-0.15, -0.1) is 0 Å². The zero-order valence-electron chi connectivity index (χ0n) is 55.1. The van der Waals surface area contributed by atoms with Crippen LogP contribution in [0.25, 0.3) is 10.9 Å². The van der Waals surface area contributed by atoms with E-state index >= 15 is 9.59 Å². The Labute approximate surface area is 596 Å². The molecule has 1 aliphatic rings. The second-order valence-corrected chi connectivity index (χ2v) is 25.0. The number of benzene rings is 3. The van der Waals surface area contributed by atoms with Crippen LogP contribution in [0.4, 0.5) is 0 Å². The number of aromatic nitrogens is 1. The first kappa shape index (κ1) is 82.2. The number of unbranched alkanes of at least 4 members (excludes halogenated alkanes) is 1. The number of thiol groups is 3. The van der Waals surface area contributed by atoms with Gasteiger partial charge in [-0.1, -0.05) is 60.7 Å². The van der Waals surface area contributed by atoms with Crippen LogP contribution in [0.5, 0.6) is 5.75 Å². The van der Waals surface area contributed by atoms with Crippen molar-refractivity contribution < 1.29 is 92.7 Å². The number of aliphatic hydroxyl groups excluding tert-OH is 1. The fourth-order valence-corrected chi connectivity index (χ4v) is 11.5. The van der Waals surface area contributed by atoms with Gasteiger partial charge in [-0.3, -0.25) is 62.3 Å². The number of likely N-dealkylation sites (tertiary alicyclic amines) is 1. The maximum Gasteiger partial charge on any atom is 0.327 e. The Bertz CT molecular complexity index is 3550. The molecular formula is C65H88N14O19S3. The van der Waals surface area contributed by atoms with E-state index in [1.165, 1.54) is 31.2 Å². The number of hydrogen-bond acceptors (Lipinski definition) is 21. The van der Waals surface area contributed by atoms with E-state index in [0.717, 1.165) is 4.90 Å². The average molecular weight is 1470 g/mol. The number of amides is 11. The van der Waals surface area contributed by atoms with Gasteiger partial charge < -0.3 is 100 Å². The van der Waals surface area contributed by atoms with Crippen molar-refractivity contribution in [3.05, 3.63) is 102 Å². The Balaban J connectivity index is 1.40. The minimum Gasteiger partial charge on any atom is -0.508 e. The summed E-state index contributed by atoms with van der Waals surface area (Å²) in [6, 6.07) is 4.28. The molecule has 1 saturated heterocycles. The van der Waals surface area contributed by atoms with E-state index in [1.54, 1.807) is 60.8 Å². The van der Waals surface area contributed by atoms with E-state index in [0.29, 0.717) is 34.0 Å². The molecule has 101 heavy (non-hydrogen) atoms. The molecule has 1 aromatic heterocycles. The number of nitrogens with two attached hydrogens (primary N) is 2. The molecule has 5 rings (SSSR count). The lowest BCUT2D eigenvalue weighted by Gasteiger charge is -2.31. The van der Waals surface area contributed by atoms with E-state index in [2.05, 4.69) is 96.0 Å². The van der Waals surface area contributed by atoms with Gasteiger partial charge in [0, 0.05) is 79.6 Å². The quantitative estimate of drug-likeness (QED) is 0.0154. The number of phenols is 1. The third-order valence-corrected chi connectivity index (χ3v) is 17.3. The standard InChI is InChI=1S/C65H88N14O19S3/c1-34(80)54(78-55(87)40(67)20-21-52(83)84)64(96)79-25-9-15-50(79)63(95)75-46(29-53(85)86)61(93)77-48(32-100)62(94)73-43(26-35-10-3-2-4-11-35)58(90)74-45(28-37-30-69-41-13-6-5-12-39(37)41)60(92)71-42(14-7-8-23-66)57(89)72-44(27-36-16-18-38(81)19-17-36)59(91)76-47(31-99)56(88)68-24-22-51(82)70-49(33-101)65(97)98/h2-6,10-13,16-19,30,34,40,42-50,54,69,80-81,99-101H,7-9,14-15,20-29,31-33,66-67H2,1H3,(H,68,88)(H,70,82)(H,71,92)(H,72,89)(H,73,94)(H,74,90)(H,75,95)(H,76,91)(H,77,93)(H,78,87)(H,83,84)(H,85,86)(H,97,98)/t34-,40+,42+,43+,44+,45+,46+,47+,48+,49+,50+,54+/m1/s1. The molecule has 0 radical (unpaired) electrons. The smallest absolute Gasteiger partial charge is 0.327 e. The topological polar surface area (TPSA) is 531 Å². The molecular weight excluding hydrogens is 1380 g/mol. The van der Waals surface area contributed by atoms with Crippen molar-refractivity contribution in [1.82, 2.24) is 63.1 Å². The number of rotatable bonds is 42. The molecule has 550 valence electrons. The lowest BCUT2D eigenvalue weighted by atomic mass is 10.0. The summed E-state index contributed by atoms with van der Waals surface area (Å²) in [7, 11) is 0. The van der Waals surface area contributed by atoms with Gasteiger partial charge in [0.25, 0.3) is 0 Å². The lowest BCUT2D eigenvalue weighted by Crippen LogP contribution is -2.61. The molecule has 0 spiro atoms. The van der Waals surface area contributed by atoms with Gasteiger partial charge >= 0.3 is 17.9 Å². The lowest BCUT2D eigenvalue weighted by molar-refractivity contribution is -0.145. The predicted molar refractivity (Wildman–Crippen MR) is 375 cm³/mol. The second-order valence-electron chi connectivity index (χ2n) is 23.9. The number of aliphatic carboxylic acids is 3. The highest BCUT2D eigenvalue weighted by Crippen LogP contribution is 2.22. The number of aromatic hydroxyl groups is 1. The van der Waals surface area contributed by atoms with E-state index in [9.17, 15) is 78.0 Å².